The highest BCUT2D eigenvalue weighted by Crippen LogP contribution is 2.23. The molecule has 4 rings (SSSR count). The molecule has 1 saturated carbocycles. The number of piperidine rings is 1. The maximum atomic E-state index is 12.7. The number of furan rings is 1. The molecule has 1 atom stereocenters. The van der Waals surface area contributed by atoms with E-state index in [0.717, 1.165) is 25.7 Å². The second-order valence-corrected chi connectivity index (χ2v) is 6.84. The predicted molar refractivity (Wildman–Crippen MR) is 89.8 cm³/mol. The van der Waals surface area contributed by atoms with Gasteiger partial charge < -0.3 is 14.6 Å². The summed E-state index contributed by atoms with van der Waals surface area (Å²) in [6.45, 7) is 1.63. The first-order valence-corrected chi connectivity index (χ1v) is 8.85. The lowest BCUT2D eigenvalue weighted by molar-refractivity contribution is -0.126. The van der Waals surface area contributed by atoms with E-state index in [1.54, 1.807) is 27.9 Å². The molecule has 2 fully saturated rings. The van der Waals surface area contributed by atoms with Gasteiger partial charge in [-0.25, -0.2) is 0 Å². The largest absolute Gasteiger partial charge is 0.454 e. The van der Waals surface area contributed by atoms with Crippen LogP contribution in [0.2, 0.25) is 0 Å². The monoisotopic (exact) mass is 342 g/mol. The van der Waals surface area contributed by atoms with Gasteiger partial charge in [0.2, 0.25) is 5.91 Å². The lowest BCUT2D eigenvalue weighted by atomic mass is 9.97. The molecule has 2 aliphatic rings. The number of amides is 2. The Bertz CT molecular complexity index is 748. The topological polar surface area (TPSA) is 80.4 Å². The van der Waals surface area contributed by atoms with Crippen LogP contribution in [0.3, 0.4) is 0 Å². The molecule has 7 heteroatoms. The standard InChI is InChI=1S/C18H22N4O3/c23-17(20-14-4-5-14)13-3-1-9-21(11-13)18(24)16-7-6-15(25-16)12-22-10-2-8-19-22/h2,6-8,10,13-14H,1,3-5,9,11-12H2,(H,20,23)/t13-/m0/s1. The summed E-state index contributed by atoms with van der Waals surface area (Å²) in [5, 5.41) is 7.17. The fraction of sp³-hybridized carbons (Fsp3) is 0.500. The van der Waals surface area contributed by atoms with Crippen molar-refractivity contribution in [3.63, 3.8) is 0 Å². The van der Waals surface area contributed by atoms with Crippen molar-refractivity contribution in [3.05, 3.63) is 42.1 Å². The number of hydrogen-bond donors (Lipinski definition) is 1. The van der Waals surface area contributed by atoms with E-state index in [-0.39, 0.29) is 17.7 Å². The highest BCUT2D eigenvalue weighted by atomic mass is 16.4. The predicted octanol–water partition coefficient (Wildman–Crippen LogP) is 1.66. The van der Waals surface area contributed by atoms with Gasteiger partial charge in [0, 0.05) is 31.5 Å². The molecule has 0 unspecified atom stereocenters. The maximum Gasteiger partial charge on any atom is 0.289 e. The number of rotatable bonds is 5. The van der Waals surface area contributed by atoms with E-state index in [0.29, 0.717) is 37.2 Å². The number of nitrogens with one attached hydrogen (secondary N) is 1. The van der Waals surface area contributed by atoms with Crippen molar-refractivity contribution in [2.45, 2.75) is 38.3 Å². The Kier molecular flexibility index (Phi) is 4.29. The Morgan fingerprint density at radius 3 is 2.92 bits per heavy atom. The van der Waals surface area contributed by atoms with Gasteiger partial charge in [0.15, 0.2) is 5.76 Å². The van der Waals surface area contributed by atoms with Crippen LogP contribution in [0.5, 0.6) is 0 Å². The van der Waals surface area contributed by atoms with Gasteiger partial charge >= 0.3 is 0 Å². The molecule has 25 heavy (non-hydrogen) atoms. The summed E-state index contributed by atoms with van der Waals surface area (Å²) in [5.74, 6) is 0.837. The average molecular weight is 342 g/mol. The van der Waals surface area contributed by atoms with Crippen molar-refractivity contribution in [1.29, 1.82) is 0 Å². The summed E-state index contributed by atoms with van der Waals surface area (Å²) < 4.78 is 7.43. The summed E-state index contributed by atoms with van der Waals surface area (Å²) in [5.41, 5.74) is 0. The zero-order valence-corrected chi connectivity index (χ0v) is 14.1. The van der Waals surface area contributed by atoms with Gasteiger partial charge in [-0.1, -0.05) is 0 Å². The minimum absolute atomic E-state index is 0.0822. The minimum atomic E-state index is -0.143. The lowest BCUT2D eigenvalue weighted by Gasteiger charge is -2.31. The van der Waals surface area contributed by atoms with Crippen LogP contribution in [0.4, 0.5) is 0 Å². The third kappa shape index (κ3) is 3.75. The van der Waals surface area contributed by atoms with E-state index < -0.39 is 0 Å². The quantitative estimate of drug-likeness (QED) is 0.896. The van der Waals surface area contributed by atoms with Crippen LogP contribution < -0.4 is 5.32 Å². The van der Waals surface area contributed by atoms with Gasteiger partial charge in [-0.05, 0) is 43.9 Å². The van der Waals surface area contributed by atoms with Gasteiger partial charge in [-0.3, -0.25) is 14.3 Å². The number of carbonyl (C=O) groups excluding carboxylic acids is 2. The van der Waals surface area contributed by atoms with Crippen LogP contribution in [0.15, 0.2) is 35.0 Å². The molecule has 0 spiro atoms. The molecule has 1 saturated heterocycles. The number of aromatic nitrogens is 2. The van der Waals surface area contributed by atoms with E-state index in [1.807, 2.05) is 12.3 Å². The average Bonchev–Trinajstić information content (AvgIpc) is 3.10. The first-order chi connectivity index (χ1) is 12.2. The first-order valence-electron chi connectivity index (χ1n) is 8.85. The molecule has 0 radical (unpaired) electrons. The first kappa shape index (κ1) is 15.9. The fourth-order valence-corrected chi connectivity index (χ4v) is 3.21. The van der Waals surface area contributed by atoms with E-state index in [2.05, 4.69) is 10.4 Å². The summed E-state index contributed by atoms with van der Waals surface area (Å²) in [4.78, 5) is 26.7. The van der Waals surface area contributed by atoms with Crippen molar-refractivity contribution < 1.29 is 14.0 Å². The second kappa shape index (κ2) is 6.74. The van der Waals surface area contributed by atoms with Crippen molar-refractivity contribution in [3.8, 4) is 0 Å². The van der Waals surface area contributed by atoms with Crippen LogP contribution in [0, 0.1) is 5.92 Å². The van der Waals surface area contributed by atoms with Crippen molar-refractivity contribution in [1.82, 2.24) is 20.0 Å². The molecular weight excluding hydrogens is 320 g/mol. The van der Waals surface area contributed by atoms with E-state index in [4.69, 9.17) is 4.42 Å². The normalized spacial score (nSPS) is 20.5. The Hall–Kier alpha value is -2.57. The third-order valence-corrected chi connectivity index (χ3v) is 4.75. The number of likely N-dealkylation sites (tertiary alicyclic amines) is 1. The molecule has 0 bridgehead atoms. The zero-order chi connectivity index (χ0) is 17.2. The Labute approximate surface area is 146 Å². The molecule has 0 aromatic carbocycles. The van der Waals surface area contributed by atoms with Crippen LogP contribution >= 0.6 is 0 Å². The molecule has 1 N–H and O–H groups in total. The van der Waals surface area contributed by atoms with Crippen LogP contribution in [0.1, 0.15) is 42.0 Å². The molecule has 2 aromatic heterocycles. The Morgan fingerprint density at radius 1 is 1.28 bits per heavy atom. The van der Waals surface area contributed by atoms with Gasteiger partial charge in [0.25, 0.3) is 5.91 Å². The summed E-state index contributed by atoms with van der Waals surface area (Å²) in [7, 11) is 0. The molecule has 1 aliphatic heterocycles. The summed E-state index contributed by atoms with van der Waals surface area (Å²) in [6.07, 6.45) is 7.38. The van der Waals surface area contributed by atoms with Crippen LogP contribution in [0.25, 0.3) is 0 Å². The Balaban J connectivity index is 1.38. The van der Waals surface area contributed by atoms with Gasteiger partial charge in [0.1, 0.15) is 5.76 Å². The summed E-state index contributed by atoms with van der Waals surface area (Å²) in [6, 6.07) is 5.70. The molecule has 1 aliphatic carbocycles. The van der Waals surface area contributed by atoms with Gasteiger partial charge in [0.05, 0.1) is 12.5 Å². The minimum Gasteiger partial charge on any atom is -0.454 e. The second-order valence-electron chi connectivity index (χ2n) is 6.84. The summed E-state index contributed by atoms with van der Waals surface area (Å²) >= 11 is 0. The third-order valence-electron chi connectivity index (χ3n) is 4.75. The molecule has 7 nitrogen and oxygen atoms in total. The van der Waals surface area contributed by atoms with E-state index in [1.165, 1.54) is 0 Å². The smallest absolute Gasteiger partial charge is 0.289 e. The Morgan fingerprint density at radius 2 is 2.16 bits per heavy atom. The van der Waals surface area contributed by atoms with Gasteiger partial charge in [-0.15, -0.1) is 0 Å². The fourth-order valence-electron chi connectivity index (χ4n) is 3.21. The molecule has 3 heterocycles. The number of carbonyl (C=O) groups is 2. The lowest BCUT2D eigenvalue weighted by Crippen LogP contribution is -2.45. The highest BCUT2D eigenvalue weighted by Gasteiger charge is 2.32. The molecular formula is C18H22N4O3. The van der Waals surface area contributed by atoms with E-state index >= 15 is 0 Å². The highest BCUT2D eigenvalue weighted by molar-refractivity contribution is 5.92. The van der Waals surface area contributed by atoms with Crippen LogP contribution in [-0.2, 0) is 11.3 Å². The number of nitrogens with zero attached hydrogens (tertiary/aromatic N) is 3. The van der Waals surface area contributed by atoms with Crippen molar-refractivity contribution >= 4 is 11.8 Å². The molecule has 2 aromatic rings. The van der Waals surface area contributed by atoms with Crippen molar-refractivity contribution in [2.24, 2.45) is 5.92 Å². The maximum absolute atomic E-state index is 12.7. The van der Waals surface area contributed by atoms with E-state index in [9.17, 15) is 9.59 Å². The SMILES string of the molecule is O=C(NC1CC1)[C@H]1CCCN(C(=O)c2ccc(Cn3cccn3)o2)C1. The zero-order valence-electron chi connectivity index (χ0n) is 14.1. The molecule has 2 amide bonds. The number of hydrogen-bond acceptors (Lipinski definition) is 4. The van der Waals surface area contributed by atoms with Crippen molar-refractivity contribution in [2.75, 3.05) is 13.1 Å². The van der Waals surface area contributed by atoms with Crippen LogP contribution in [-0.4, -0.2) is 45.6 Å². The van der Waals surface area contributed by atoms with Gasteiger partial charge in [-0.2, -0.15) is 5.10 Å². The molecule has 132 valence electrons.